The van der Waals surface area contributed by atoms with Crippen molar-refractivity contribution in [3.8, 4) is 5.75 Å². The maximum absolute atomic E-state index is 11.1. The Kier molecular flexibility index (Phi) is 4.79. The first-order valence-corrected chi connectivity index (χ1v) is 7.13. The number of carbonyl (C=O) groups is 1. The highest BCUT2D eigenvalue weighted by atomic mass is 79.9. The first-order chi connectivity index (χ1) is 9.61. The van der Waals surface area contributed by atoms with E-state index >= 15 is 0 Å². The quantitative estimate of drug-likeness (QED) is 0.887. The molecule has 0 aromatic heterocycles. The summed E-state index contributed by atoms with van der Waals surface area (Å²) < 4.78 is 6.58. The number of hydrogen-bond acceptors (Lipinski definition) is 2. The number of aryl methyl sites for hydroxylation is 1. The molecule has 3 nitrogen and oxygen atoms in total. The third kappa shape index (κ3) is 3.39. The zero-order chi connectivity index (χ0) is 14.5. The maximum atomic E-state index is 11.1. The largest absolute Gasteiger partial charge is 0.488 e. The van der Waals surface area contributed by atoms with Gasteiger partial charge in [-0.3, -0.25) is 0 Å². The van der Waals surface area contributed by atoms with Crippen molar-refractivity contribution in [3.63, 3.8) is 0 Å². The van der Waals surface area contributed by atoms with E-state index in [0.29, 0.717) is 11.3 Å². The Labute approximate surface area is 126 Å². The lowest BCUT2D eigenvalue weighted by Gasteiger charge is -2.11. The molecule has 0 heterocycles. The van der Waals surface area contributed by atoms with Crippen molar-refractivity contribution in [1.29, 1.82) is 0 Å². The highest BCUT2D eigenvalue weighted by molar-refractivity contribution is 9.10. The van der Waals surface area contributed by atoms with Crippen molar-refractivity contribution in [1.82, 2.24) is 0 Å². The fraction of sp³-hybridized carbons (Fsp3) is 0.188. The molecule has 2 rings (SSSR count). The van der Waals surface area contributed by atoms with Crippen molar-refractivity contribution in [3.05, 3.63) is 63.6 Å². The molecule has 20 heavy (non-hydrogen) atoms. The summed E-state index contributed by atoms with van der Waals surface area (Å²) >= 11 is 3.47. The van der Waals surface area contributed by atoms with E-state index in [4.69, 9.17) is 9.84 Å². The van der Waals surface area contributed by atoms with Gasteiger partial charge in [0.15, 0.2) is 0 Å². The number of benzene rings is 2. The van der Waals surface area contributed by atoms with Crippen LogP contribution in [-0.4, -0.2) is 11.1 Å². The van der Waals surface area contributed by atoms with Crippen LogP contribution in [0.5, 0.6) is 5.75 Å². The molecule has 104 valence electrons. The fourth-order valence-electron chi connectivity index (χ4n) is 1.89. The zero-order valence-corrected chi connectivity index (χ0v) is 12.7. The molecule has 0 atom stereocenters. The van der Waals surface area contributed by atoms with Gasteiger partial charge in [-0.1, -0.05) is 31.2 Å². The summed E-state index contributed by atoms with van der Waals surface area (Å²) in [6.45, 7) is 2.32. The van der Waals surface area contributed by atoms with Crippen molar-refractivity contribution < 1.29 is 14.6 Å². The normalized spacial score (nSPS) is 10.3. The summed E-state index contributed by atoms with van der Waals surface area (Å²) in [5.74, 6) is -0.230. The van der Waals surface area contributed by atoms with Gasteiger partial charge in [0.25, 0.3) is 0 Å². The number of halogens is 1. The van der Waals surface area contributed by atoms with Crippen LogP contribution in [0.25, 0.3) is 0 Å². The molecule has 4 heteroatoms. The van der Waals surface area contributed by atoms with Gasteiger partial charge in [0.05, 0.1) is 10.0 Å². The monoisotopic (exact) mass is 334 g/mol. The minimum Gasteiger partial charge on any atom is -0.488 e. The SMILES string of the molecule is CCc1ccc(OCc2ccccc2C(=O)O)c(Br)c1. The van der Waals surface area contributed by atoms with E-state index in [1.54, 1.807) is 24.3 Å². The van der Waals surface area contributed by atoms with Crippen LogP contribution < -0.4 is 4.74 Å². The van der Waals surface area contributed by atoms with E-state index in [0.717, 1.165) is 10.9 Å². The Hall–Kier alpha value is -1.81. The topological polar surface area (TPSA) is 46.5 Å². The summed E-state index contributed by atoms with van der Waals surface area (Å²) in [5.41, 5.74) is 2.15. The number of rotatable bonds is 5. The Morgan fingerprint density at radius 2 is 2.00 bits per heavy atom. The van der Waals surface area contributed by atoms with Gasteiger partial charge in [-0.15, -0.1) is 0 Å². The smallest absolute Gasteiger partial charge is 0.336 e. The zero-order valence-electron chi connectivity index (χ0n) is 11.1. The standard InChI is InChI=1S/C16H15BrO3/c1-2-11-7-8-15(14(17)9-11)20-10-12-5-3-4-6-13(12)16(18)19/h3-9H,2,10H2,1H3,(H,18,19). The molecule has 2 aromatic carbocycles. The number of aromatic carboxylic acids is 1. The number of carboxylic acid groups (broad SMARTS) is 1. The van der Waals surface area contributed by atoms with Crippen LogP contribution in [0.3, 0.4) is 0 Å². The second-order valence-corrected chi connectivity index (χ2v) is 5.22. The van der Waals surface area contributed by atoms with Gasteiger partial charge in [0.2, 0.25) is 0 Å². The van der Waals surface area contributed by atoms with Crippen molar-refractivity contribution in [2.45, 2.75) is 20.0 Å². The van der Waals surface area contributed by atoms with Crippen LogP contribution in [0.4, 0.5) is 0 Å². The molecule has 2 aromatic rings. The van der Waals surface area contributed by atoms with Crippen LogP contribution in [0.1, 0.15) is 28.4 Å². The van der Waals surface area contributed by atoms with Gasteiger partial charge in [-0.25, -0.2) is 4.79 Å². The second kappa shape index (κ2) is 6.57. The molecule has 0 saturated heterocycles. The van der Waals surface area contributed by atoms with Gasteiger partial charge in [0.1, 0.15) is 12.4 Å². The lowest BCUT2D eigenvalue weighted by molar-refractivity contribution is 0.0694. The third-order valence-corrected chi connectivity index (χ3v) is 3.66. The Morgan fingerprint density at radius 3 is 2.65 bits per heavy atom. The predicted molar refractivity (Wildman–Crippen MR) is 81.3 cm³/mol. The molecule has 0 spiro atoms. The molecular formula is C16H15BrO3. The van der Waals surface area contributed by atoms with Gasteiger partial charge >= 0.3 is 5.97 Å². The van der Waals surface area contributed by atoms with E-state index in [9.17, 15) is 4.79 Å². The molecule has 0 bridgehead atoms. The maximum Gasteiger partial charge on any atom is 0.336 e. The van der Waals surface area contributed by atoms with Crippen LogP contribution in [0.2, 0.25) is 0 Å². The average molecular weight is 335 g/mol. The minimum absolute atomic E-state index is 0.229. The molecule has 0 unspecified atom stereocenters. The summed E-state index contributed by atoms with van der Waals surface area (Å²) in [7, 11) is 0. The van der Waals surface area contributed by atoms with E-state index in [-0.39, 0.29) is 12.2 Å². The minimum atomic E-state index is -0.940. The van der Waals surface area contributed by atoms with Crippen LogP contribution >= 0.6 is 15.9 Å². The van der Waals surface area contributed by atoms with Crippen molar-refractivity contribution >= 4 is 21.9 Å². The molecule has 0 amide bonds. The Bertz CT molecular complexity index is 623. The molecule has 0 aliphatic rings. The summed E-state index contributed by atoms with van der Waals surface area (Å²) in [4.78, 5) is 11.1. The average Bonchev–Trinajstić information content (AvgIpc) is 2.46. The third-order valence-electron chi connectivity index (χ3n) is 3.04. The highest BCUT2D eigenvalue weighted by Crippen LogP contribution is 2.27. The predicted octanol–water partition coefficient (Wildman–Crippen LogP) is 4.29. The van der Waals surface area contributed by atoms with E-state index in [1.807, 2.05) is 18.2 Å². The van der Waals surface area contributed by atoms with Gasteiger partial charge in [-0.2, -0.15) is 0 Å². The Balaban J connectivity index is 2.15. The first kappa shape index (κ1) is 14.6. The van der Waals surface area contributed by atoms with E-state index < -0.39 is 5.97 Å². The van der Waals surface area contributed by atoms with Gasteiger partial charge in [0, 0.05) is 5.56 Å². The lowest BCUT2D eigenvalue weighted by Crippen LogP contribution is -2.05. The van der Waals surface area contributed by atoms with Gasteiger partial charge < -0.3 is 9.84 Å². The van der Waals surface area contributed by atoms with Crippen LogP contribution in [0.15, 0.2) is 46.9 Å². The molecule has 0 radical (unpaired) electrons. The number of ether oxygens (including phenoxy) is 1. The summed E-state index contributed by atoms with van der Waals surface area (Å²) in [6, 6.07) is 12.8. The van der Waals surface area contributed by atoms with Crippen LogP contribution in [0, 0.1) is 0 Å². The molecule has 1 N–H and O–H groups in total. The van der Waals surface area contributed by atoms with Gasteiger partial charge in [-0.05, 0) is 46.1 Å². The number of carboxylic acids is 1. The summed E-state index contributed by atoms with van der Waals surface area (Å²) in [6.07, 6.45) is 0.959. The second-order valence-electron chi connectivity index (χ2n) is 4.37. The first-order valence-electron chi connectivity index (χ1n) is 6.34. The van der Waals surface area contributed by atoms with Crippen LogP contribution in [-0.2, 0) is 13.0 Å². The van der Waals surface area contributed by atoms with E-state index in [1.165, 1.54) is 5.56 Å². The lowest BCUT2D eigenvalue weighted by atomic mass is 10.1. The highest BCUT2D eigenvalue weighted by Gasteiger charge is 2.10. The Morgan fingerprint density at radius 1 is 1.25 bits per heavy atom. The summed E-state index contributed by atoms with van der Waals surface area (Å²) in [5, 5.41) is 9.12. The van der Waals surface area contributed by atoms with E-state index in [2.05, 4.69) is 22.9 Å². The number of hydrogen-bond donors (Lipinski definition) is 1. The van der Waals surface area contributed by atoms with Crippen molar-refractivity contribution in [2.75, 3.05) is 0 Å². The molecule has 0 fully saturated rings. The molecule has 0 aliphatic heterocycles. The van der Waals surface area contributed by atoms with Crippen molar-refractivity contribution in [2.24, 2.45) is 0 Å². The molecule has 0 aliphatic carbocycles. The molecule has 0 saturated carbocycles. The fourth-order valence-corrected chi connectivity index (χ4v) is 2.43. The molecular weight excluding hydrogens is 320 g/mol.